The summed E-state index contributed by atoms with van der Waals surface area (Å²) in [5, 5.41) is 18.2. The molecule has 0 radical (unpaired) electrons. The molecule has 4 heteroatoms. The minimum atomic E-state index is -0.875. The molecule has 0 aliphatic rings. The van der Waals surface area contributed by atoms with Gasteiger partial charge in [0.25, 0.3) is 0 Å². The number of hydrogen-bond acceptors (Lipinski definition) is 3. The molecule has 13 heavy (non-hydrogen) atoms. The van der Waals surface area contributed by atoms with Crippen LogP contribution in [0.3, 0.4) is 0 Å². The Morgan fingerprint density at radius 3 is 2.69 bits per heavy atom. The van der Waals surface area contributed by atoms with Crippen molar-refractivity contribution in [2.24, 2.45) is 5.73 Å². The molecule has 4 N–H and O–H groups in total. The zero-order valence-electron chi connectivity index (χ0n) is 7.29. The molecule has 0 aliphatic carbocycles. The van der Waals surface area contributed by atoms with Gasteiger partial charge < -0.3 is 15.9 Å². The maximum atomic E-state index is 13.1. The van der Waals surface area contributed by atoms with Crippen molar-refractivity contribution < 1.29 is 14.6 Å². The molecule has 3 nitrogen and oxygen atoms in total. The smallest absolute Gasteiger partial charge is 0.131 e. The van der Waals surface area contributed by atoms with Crippen molar-refractivity contribution in [3.8, 4) is 5.75 Å². The van der Waals surface area contributed by atoms with Crippen LogP contribution in [0, 0.1) is 12.7 Å². The lowest BCUT2D eigenvalue weighted by Crippen LogP contribution is -2.16. The van der Waals surface area contributed by atoms with E-state index < -0.39 is 18.5 Å². The number of phenols is 1. The van der Waals surface area contributed by atoms with Crippen LogP contribution in [0.1, 0.15) is 17.2 Å². The maximum absolute atomic E-state index is 13.1. The number of aliphatic hydroxyl groups excluding tert-OH is 1. The second-order valence-corrected chi connectivity index (χ2v) is 2.92. The normalized spacial score (nSPS) is 12.9. The van der Waals surface area contributed by atoms with Gasteiger partial charge in [-0.3, -0.25) is 0 Å². The first kappa shape index (κ1) is 9.95. The van der Waals surface area contributed by atoms with E-state index in [0.717, 1.165) is 0 Å². The molecule has 0 aromatic heterocycles. The molecule has 1 rings (SSSR count). The molecule has 0 spiro atoms. The Balaban J connectivity index is 3.25. The summed E-state index contributed by atoms with van der Waals surface area (Å²) in [7, 11) is 0. The number of hydrogen-bond donors (Lipinski definition) is 3. The standard InChI is InChI=1S/C9H12FNO2/c1-5-2-3-6(10)8(9(5)13)7(11)4-12/h2-3,7,12-13H,4,11H2,1H3/t7-/m0/s1. The molecular formula is C9H12FNO2. The Morgan fingerprint density at radius 1 is 1.54 bits per heavy atom. The Morgan fingerprint density at radius 2 is 2.15 bits per heavy atom. The van der Waals surface area contributed by atoms with Crippen LogP contribution in [0.5, 0.6) is 5.75 Å². The number of nitrogens with two attached hydrogens (primary N) is 1. The Bertz CT molecular complexity index is 315. The van der Waals surface area contributed by atoms with Crippen molar-refractivity contribution in [2.75, 3.05) is 6.61 Å². The van der Waals surface area contributed by atoms with Crippen molar-refractivity contribution >= 4 is 0 Å². The van der Waals surface area contributed by atoms with Crippen molar-refractivity contribution in [3.63, 3.8) is 0 Å². The number of benzene rings is 1. The lowest BCUT2D eigenvalue weighted by atomic mass is 10.0. The summed E-state index contributed by atoms with van der Waals surface area (Å²) in [5.74, 6) is -0.772. The van der Waals surface area contributed by atoms with E-state index in [1.54, 1.807) is 6.92 Å². The number of aliphatic hydroxyl groups is 1. The van der Waals surface area contributed by atoms with Crippen molar-refractivity contribution in [2.45, 2.75) is 13.0 Å². The minimum Gasteiger partial charge on any atom is -0.507 e. The zero-order chi connectivity index (χ0) is 10.0. The van der Waals surface area contributed by atoms with Crippen LogP contribution < -0.4 is 5.73 Å². The summed E-state index contributed by atoms with van der Waals surface area (Å²) in [5.41, 5.74) is 5.93. The second-order valence-electron chi connectivity index (χ2n) is 2.92. The van der Waals surface area contributed by atoms with Crippen molar-refractivity contribution in [1.82, 2.24) is 0 Å². The fourth-order valence-corrected chi connectivity index (χ4v) is 1.14. The monoisotopic (exact) mass is 185 g/mol. The Kier molecular flexibility index (Phi) is 2.85. The molecule has 0 fully saturated rings. The maximum Gasteiger partial charge on any atom is 0.131 e. The number of aromatic hydroxyl groups is 1. The molecule has 0 saturated heterocycles. The van der Waals surface area contributed by atoms with E-state index >= 15 is 0 Å². The van der Waals surface area contributed by atoms with Gasteiger partial charge in [-0.2, -0.15) is 0 Å². The lowest BCUT2D eigenvalue weighted by Gasteiger charge is -2.13. The van der Waals surface area contributed by atoms with E-state index in [2.05, 4.69) is 0 Å². The van der Waals surface area contributed by atoms with Gasteiger partial charge in [-0.1, -0.05) is 6.07 Å². The molecule has 0 amide bonds. The van der Waals surface area contributed by atoms with Crippen molar-refractivity contribution in [1.29, 1.82) is 0 Å². The third-order valence-electron chi connectivity index (χ3n) is 1.93. The minimum absolute atomic E-state index is 0.0255. The highest BCUT2D eigenvalue weighted by Crippen LogP contribution is 2.28. The van der Waals surface area contributed by atoms with E-state index in [4.69, 9.17) is 10.8 Å². The van der Waals surface area contributed by atoms with Gasteiger partial charge >= 0.3 is 0 Å². The third kappa shape index (κ3) is 1.79. The molecule has 72 valence electrons. The lowest BCUT2D eigenvalue weighted by molar-refractivity contribution is 0.262. The summed E-state index contributed by atoms with van der Waals surface area (Å²) < 4.78 is 13.1. The predicted molar refractivity (Wildman–Crippen MR) is 46.8 cm³/mol. The molecule has 0 bridgehead atoms. The van der Waals surface area contributed by atoms with Gasteiger partial charge in [-0.05, 0) is 18.6 Å². The number of halogens is 1. The molecule has 0 unspecified atom stereocenters. The summed E-state index contributed by atoms with van der Waals surface area (Å²) in [4.78, 5) is 0. The highest BCUT2D eigenvalue weighted by Gasteiger charge is 2.16. The number of rotatable bonds is 2. The van der Waals surface area contributed by atoms with E-state index in [1.807, 2.05) is 0 Å². The molecule has 1 aromatic rings. The highest BCUT2D eigenvalue weighted by atomic mass is 19.1. The van der Waals surface area contributed by atoms with E-state index in [-0.39, 0.29) is 11.3 Å². The van der Waals surface area contributed by atoms with Gasteiger partial charge in [0.1, 0.15) is 11.6 Å². The van der Waals surface area contributed by atoms with Gasteiger partial charge in [-0.25, -0.2) is 4.39 Å². The zero-order valence-corrected chi connectivity index (χ0v) is 7.29. The first-order chi connectivity index (χ1) is 6.07. The van der Waals surface area contributed by atoms with E-state index in [0.29, 0.717) is 5.56 Å². The molecule has 1 atom stereocenters. The van der Waals surface area contributed by atoms with Crippen molar-refractivity contribution in [3.05, 3.63) is 29.1 Å². The predicted octanol–water partition coefficient (Wildman–Crippen LogP) is 0.832. The Hall–Kier alpha value is -1.13. The molecule has 0 heterocycles. The molecule has 0 aliphatic heterocycles. The van der Waals surface area contributed by atoms with Crippen LogP contribution in [-0.2, 0) is 0 Å². The van der Waals surface area contributed by atoms with Crippen LogP contribution >= 0.6 is 0 Å². The average molecular weight is 185 g/mol. The quantitative estimate of drug-likeness (QED) is 0.639. The number of aryl methyl sites for hydroxylation is 1. The summed E-state index contributed by atoms with van der Waals surface area (Å²) in [6.07, 6.45) is 0. The van der Waals surface area contributed by atoms with Gasteiger partial charge in [-0.15, -0.1) is 0 Å². The van der Waals surface area contributed by atoms with Gasteiger partial charge in [0.15, 0.2) is 0 Å². The van der Waals surface area contributed by atoms with Gasteiger partial charge in [0.2, 0.25) is 0 Å². The van der Waals surface area contributed by atoms with Crippen LogP contribution in [0.4, 0.5) is 4.39 Å². The third-order valence-corrected chi connectivity index (χ3v) is 1.93. The fraction of sp³-hybridized carbons (Fsp3) is 0.333. The second kappa shape index (κ2) is 3.72. The van der Waals surface area contributed by atoms with Crippen LogP contribution in [0.25, 0.3) is 0 Å². The highest BCUT2D eigenvalue weighted by molar-refractivity contribution is 5.42. The topological polar surface area (TPSA) is 66.5 Å². The van der Waals surface area contributed by atoms with Crippen LogP contribution in [0.2, 0.25) is 0 Å². The molecule has 1 aromatic carbocycles. The van der Waals surface area contributed by atoms with E-state index in [9.17, 15) is 9.50 Å². The van der Waals surface area contributed by atoms with Gasteiger partial charge in [0, 0.05) is 5.56 Å². The average Bonchev–Trinajstić information content (AvgIpc) is 2.12. The number of phenolic OH excluding ortho intramolecular Hbond substituents is 1. The van der Waals surface area contributed by atoms with Gasteiger partial charge in [0.05, 0.1) is 12.6 Å². The summed E-state index contributed by atoms with van der Waals surface area (Å²) in [6, 6.07) is 1.80. The fourth-order valence-electron chi connectivity index (χ4n) is 1.14. The van der Waals surface area contributed by atoms with Crippen LogP contribution in [-0.4, -0.2) is 16.8 Å². The molecular weight excluding hydrogens is 173 g/mol. The summed E-state index contributed by atoms with van der Waals surface area (Å²) in [6.45, 7) is 1.25. The SMILES string of the molecule is Cc1ccc(F)c([C@@H](N)CO)c1O. The molecule has 0 saturated carbocycles. The first-order valence-electron chi connectivity index (χ1n) is 3.92. The first-order valence-corrected chi connectivity index (χ1v) is 3.92. The largest absolute Gasteiger partial charge is 0.507 e. The Labute approximate surface area is 75.6 Å². The summed E-state index contributed by atoms with van der Waals surface area (Å²) >= 11 is 0. The van der Waals surface area contributed by atoms with E-state index in [1.165, 1.54) is 12.1 Å². The van der Waals surface area contributed by atoms with Crippen LogP contribution in [0.15, 0.2) is 12.1 Å².